The number of fused-ring (bicyclic) bond motifs is 1. The van der Waals surface area contributed by atoms with Crippen molar-refractivity contribution in [2.75, 3.05) is 18.1 Å². The van der Waals surface area contributed by atoms with Gasteiger partial charge in [-0.1, -0.05) is 6.92 Å². The molecule has 200 valence electrons. The molecule has 4 aromatic heterocycles. The lowest BCUT2D eigenvalue weighted by molar-refractivity contribution is 0.00468. The van der Waals surface area contributed by atoms with Gasteiger partial charge in [-0.2, -0.15) is 10.2 Å². The number of hydrogen-bond donors (Lipinski definition) is 0. The Morgan fingerprint density at radius 3 is 2.58 bits per heavy atom. The summed E-state index contributed by atoms with van der Waals surface area (Å²) in [6, 6.07) is 1.60. The van der Waals surface area contributed by atoms with Crippen molar-refractivity contribution in [2.45, 2.75) is 52.2 Å². The summed E-state index contributed by atoms with van der Waals surface area (Å²) >= 11 is 0. The molecule has 1 amide bonds. The lowest BCUT2D eigenvalue weighted by Gasteiger charge is -2.36. The van der Waals surface area contributed by atoms with Crippen molar-refractivity contribution < 1.29 is 23.5 Å². The molecule has 0 saturated carbocycles. The fraction of sp³-hybridized carbons (Fsp3) is 0.444. The van der Waals surface area contributed by atoms with Gasteiger partial charge in [0.05, 0.1) is 42.1 Å². The maximum atomic E-state index is 13.8. The van der Waals surface area contributed by atoms with E-state index in [1.54, 1.807) is 40.6 Å². The van der Waals surface area contributed by atoms with Crippen LogP contribution in [0.1, 0.15) is 54.9 Å². The van der Waals surface area contributed by atoms with Crippen LogP contribution >= 0.6 is 0 Å². The molecule has 5 heterocycles. The van der Waals surface area contributed by atoms with Crippen molar-refractivity contribution >= 4 is 28.5 Å². The van der Waals surface area contributed by atoms with Gasteiger partial charge in [-0.15, -0.1) is 0 Å². The average Bonchev–Trinajstić information content (AvgIpc) is 3.63. The number of pyridine rings is 1. The minimum atomic E-state index is -0.533. The highest BCUT2D eigenvalue weighted by Gasteiger charge is 2.38. The van der Waals surface area contributed by atoms with Gasteiger partial charge < -0.3 is 13.9 Å². The Balaban J connectivity index is 1.76. The molecule has 0 radical (unpaired) electrons. The molecule has 1 aliphatic heterocycles. The van der Waals surface area contributed by atoms with E-state index < -0.39 is 6.09 Å². The minimum Gasteiger partial charge on any atom is -0.449 e. The second-order valence-corrected chi connectivity index (χ2v) is 9.53. The average molecular weight is 521 g/mol. The largest absolute Gasteiger partial charge is 0.449 e. The number of carbonyl (C=O) groups excluding carboxylic acids is 2. The van der Waals surface area contributed by atoms with Crippen molar-refractivity contribution in [2.24, 2.45) is 14.1 Å². The molecule has 1 fully saturated rings. The maximum Gasteiger partial charge on any atom is 0.414 e. The van der Waals surface area contributed by atoms with Crippen LogP contribution in [0.2, 0.25) is 0 Å². The Morgan fingerprint density at radius 1 is 1.16 bits per heavy atom. The first-order valence-electron chi connectivity index (χ1n) is 12.8. The summed E-state index contributed by atoms with van der Waals surface area (Å²) < 4.78 is 20.9. The highest BCUT2D eigenvalue weighted by molar-refractivity contribution is 6.17. The number of rotatable bonds is 7. The molecule has 1 aliphatic rings. The Hall–Kier alpha value is -3.99. The summed E-state index contributed by atoms with van der Waals surface area (Å²) in [4.78, 5) is 33.7. The number of aryl methyl sites for hydroxylation is 3. The zero-order chi connectivity index (χ0) is 27.0. The van der Waals surface area contributed by atoms with Crippen LogP contribution in [0.5, 0.6) is 0 Å². The third-order valence-corrected chi connectivity index (χ3v) is 6.86. The van der Waals surface area contributed by atoms with Crippen molar-refractivity contribution in [3.05, 3.63) is 47.9 Å². The van der Waals surface area contributed by atoms with Crippen LogP contribution in [0.15, 0.2) is 35.3 Å². The van der Waals surface area contributed by atoms with Gasteiger partial charge in [0.25, 0.3) is 0 Å². The lowest BCUT2D eigenvalue weighted by Crippen LogP contribution is -2.46. The van der Waals surface area contributed by atoms with E-state index >= 15 is 0 Å². The summed E-state index contributed by atoms with van der Waals surface area (Å²) in [6.45, 7) is 6.34. The maximum absolute atomic E-state index is 13.8. The van der Waals surface area contributed by atoms with Gasteiger partial charge in [0.15, 0.2) is 11.3 Å². The molecule has 38 heavy (non-hydrogen) atoms. The molecule has 2 atom stereocenters. The Kier molecular flexibility index (Phi) is 7.02. The first-order chi connectivity index (χ1) is 18.3. The number of carbonyl (C=O) groups is 2. The normalized spacial score (nSPS) is 17.6. The van der Waals surface area contributed by atoms with Gasteiger partial charge in [0.1, 0.15) is 5.69 Å². The van der Waals surface area contributed by atoms with Crippen LogP contribution in [-0.2, 0) is 23.6 Å². The van der Waals surface area contributed by atoms with Crippen molar-refractivity contribution in [3.8, 4) is 11.3 Å². The van der Waals surface area contributed by atoms with Gasteiger partial charge in [-0.25, -0.2) is 9.78 Å². The van der Waals surface area contributed by atoms with Crippen LogP contribution in [0, 0.1) is 6.92 Å². The summed E-state index contributed by atoms with van der Waals surface area (Å²) in [7, 11) is 3.57. The molecule has 0 aromatic carbocycles. The second kappa shape index (κ2) is 10.4. The molecule has 0 bridgehead atoms. The second-order valence-electron chi connectivity index (χ2n) is 9.53. The number of amides is 1. The highest BCUT2D eigenvalue weighted by atomic mass is 16.6. The third kappa shape index (κ3) is 4.69. The first-order valence-corrected chi connectivity index (χ1v) is 12.8. The highest BCUT2D eigenvalue weighted by Crippen LogP contribution is 2.41. The molecule has 0 spiro atoms. The molecular formula is C27H32N6O5. The molecule has 0 aliphatic carbocycles. The Morgan fingerprint density at radius 2 is 1.92 bits per heavy atom. The van der Waals surface area contributed by atoms with Gasteiger partial charge in [-0.05, 0) is 39.2 Å². The number of aromatic nitrogens is 5. The van der Waals surface area contributed by atoms with E-state index in [0.717, 1.165) is 12.0 Å². The number of nitrogens with zero attached hydrogens (tertiary/aromatic N) is 6. The van der Waals surface area contributed by atoms with E-state index in [4.69, 9.17) is 18.9 Å². The Labute approximate surface area is 220 Å². The Bertz CT molecular complexity index is 1480. The van der Waals surface area contributed by atoms with E-state index in [9.17, 15) is 9.59 Å². The van der Waals surface area contributed by atoms with Gasteiger partial charge in [0, 0.05) is 50.1 Å². The summed E-state index contributed by atoms with van der Waals surface area (Å²) in [5, 5.41) is 9.03. The zero-order valence-electron chi connectivity index (χ0n) is 22.3. The van der Waals surface area contributed by atoms with Crippen molar-refractivity contribution in [3.63, 3.8) is 0 Å². The van der Waals surface area contributed by atoms with Gasteiger partial charge in [-0.3, -0.25) is 19.1 Å². The molecule has 0 N–H and O–H groups in total. The minimum absolute atomic E-state index is 0.00401. The fourth-order valence-electron chi connectivity index (χ4n) is 5.00. The molecular weight excluding hydrogens is 488 g/mol. The predicted molar refractivity (Wildman–Crippen MR) is 140 cm³/mol. The molecule has 5 rings (SSSR count). The smallest absolute Gasteiger partial charge is 0.414 e. The molecule has 4 aromatic rings. The number of hydrogen-bond acceptors (Lipinski definition) is 8. The third-order valence-electron chi connectivity index (χ3n) is 6.86. The predicted octanol–water partition coefficient (Wildman–Crippen LogP) is 4.42. The topological polar surface area (TPSA) is 118 Å². The molecule has 11 nitrogen and oxygen atoms in total. The van der Waals surface area contributed by atoms with Crippen LogP contribution in [0.25, 0.3) is 22.2 Å². The first kappa shape index (κ1) is 25.7. The molecule has 0 unspecified atom stereocenters. The molecule has 11 heteroatoms. The quantitative estimate of drug-likeness (QED) is 0.329. The van der Waals surface area contributed by atoms with E-state index in [2.05, 4.69) is 17.1 Å². The van der Waals surface area contributed by atoms with Crippen molar-refractivity contribution in [1.82, 2.24) is 24.5 Å². The molecule has 1 saturated heterocycles. The van der Waals surface area contributed by atoms with Gasteiger partial charge >= 0.3 is 6.09 Å². The van der Waals surface area contributed by atoms with Gasteiger partial charge in [0.2, 0.25) is 5.78 Å². The lowest BCUT2D eigenvalue weighted by atomic mass is 9.98. The van der Waals surface area contributed by atoms with E-state index in [0.29, 0.717) is 53.1 Å². The summed E-state index contributed by atoms with van der Waals surface area (Å²) in [5.41, 5.74) is 3.23. The standard InChI is InChI=1S/C27H32N6O5/c1-6-20-10-19(8-9-37-20)33(27(35)36-7-2)23-21-11-22(17-12-28-31(4)14-17)30-16(3)25(21)38-26(23)24(34)18-13-29-32(5)15-18/h11-15,19-20H,6-10H2,1-5H3/t19-,20-/m0/s1. The van der Waals surface area contributed by atoms with E-state index in [1.807, 2.05) is 26.2 Å². The van der Waals surface area contributed by atoms with Crippen LogP contribution in [-0.4, -0.2) is 61.8 Å². The van der Waals surface area contributed by atoms with E-state index in [-0.39, 0.29) is 30.3 Å². The number of ketones is 1. The van der Waals surface area contributed by atoms with Crippen LogP contribution in [0.3, 0.4) is 0 Å². The summed E-state index contributed by atoms with van der Waals surface area (Å²) in [5.74, 6) is -0.325. The van der Waals surface area contributed by atoms with Crippen molar-refractivity contribution in [1.29, 1.82) is 0 Å². The monoisotopic (exact) mass is 520 g/mol. The SMILES string of the molecule is CCOC(=O)N(c1c(C(=O)c2cnn(C)c2)oc2c(C)nc(-c3cnn(C)c3)cc12)[C@H]1CCO[C@@H](CC)C1. The number of ether oxygens (including phenoxy) is 2. The van der Waals surface area contributed by atoms with E-state index in [1.165, 1.54) is 6.20 Å². The number of anilines is 1. The van der Waals surface area contributed by atoms with Crippen LogP contribution < -0.4 is 4.90 Å². The summed E-state index contributed by atoms with van der Waals surface area (Å²) in [6.07, 6.45) is 8.19. The van der Waals surface area contributed by atoms with Crippen LogP contribution in [0.4, 0.5) is 10.5 Å². The number of furan rings is 1. The zero-order valence-corrected chi connectivity index (χ0v) is 22.3. The fourth-order valence-corrected chi connectivity index (χ4v) is 5.00.